The fraction of sp³-hybridized carbons (Fsp3) is 1.00. The van der Waals surface area contributed by atoms with Crippen LogP contribution in [0.5, 0.6) is 0 Å². The van der Waals surface area contributed by atoms with Gasteiger partial charge in [-0.1, -0.05) is 90.9 Å². The van der Waals surface area contributed by atoms with Gasteiger partial charge in [0, 0.05) is 6.54 Å². The van der Waals surface area contributed by atoms with Crippen molar-refractivity contribution in [1.29, 1.82) is 0 Å². The summed E-state index contributed by atoms with van der Waals surface area (Å²) < 4.78 is 0. The lowest BCUT2D eigenvalue weighted by Crippen LogP contribution is -2.35. The van der Waals surface area contributed by atoms with Gasteiger partial charge < -0.3 is 4.90 Å². The predicted molar refractivity (Wildman–Crippen MR) is 101 cm³/mol. The number of hydrogen-bond acceptors (Lipinski definition) is 1. The van der Waals surface area contributed by atoms with Crippen LogP contribution in [-0.4, -0.2) is 24.5 Å². The molecule has 22 heavy (non-hydrogen) atoms. The van der Waals surface area contributed by atoms with E-state index < -0.39 is 0 Å². The molecule has 1 saturated heterocycles. The first-order valence-corrected chi connectivity index (χ1v) is 10.6. The summed E-state index contributed by atoms with van der Waals surface area (Å²) in [5.41, 5.74) is 0. The van der Waals surface area contributed by atoms with Crippen molar-refractivity contribution in [2.45, 2.75) is 110 Å². The number of nitrogens with zero attached hydrogens (tertiary/aromatic N) is 1. The molecular formula is C21H43N. The molecule has 0 bridgehead atoms. The van der Waals surface area contributed by atoms with Crippen molar-refractivity contribution in [2.75, 3.05) is 19.6 Å². The maximum atomic E-state index is 2.73. The average Bonchev–Trinajstić information content (AvgIpc) is 2.56. The molecule has 0 radical (unpaired) electrons. The molecule has 0 aliphatic carbocycles. The summed E-state index contributed by atoms with van der Waals surface area (Å²) in [4.78, 5) is 2.73. The molecule has 1 unspecified atom stereocenters. The molecular weight excluding hydrogens is 266 g/mol. The smallest absolute Gasteiger partial charge is 0.000956 e. The highest BCUT2D eigenvalue weighted by atomic mass is 15.1. The summed E-state index contributed by atoms with van der Waals surface area (Å²) in [6.07, 6.45) is 21.8. The van der Waals surface area contributed by atoms with Gasteiger partial charge in [-0.3, -0.25) is 0 Å². The van der Waals surface area contributed by atoms with Crippen molar-refractivity contribution in [3.8, 4) is 0 Å². The van der Waals surface area contributed by atoms with Gasteiger partial charge in [-0.25, -0.2) is 0 Å². The van der Waals surface area contributed by atoms with Crippen molar-refractivity contribution in [2.24, 2.45) is 5.92 Å². The lowest BCUT2D eigenvalue weighted by molar-refractivity contribution is 0.169. The molecule has 0 N–H and O–H groups in total. The van der Waals surface area contributed by atoms with Gasteiger partial charge in [0.1, 0.15) is 0 Å². The first kappa shape index (κ1) is 20.0. The quantitative estimate of drug-likeness (QED) is 0.319. The Morgan fingerprint density at radius 2 is 1.27 bits per heavy atom. The van der Waals surface area contributed by atoms with Crippen LogP contribution in [0.4, 0.5) is 0 Å². The molecule has 0 aromatic rings. The molecule has 0 aromatic carbocycles. The number of rotatable bonds is 14. The van der Waals surface area contributed by atoms with E-state index in [2.05, 4.69) is 18.7 Å². The van der Waals surface area contributed by atoms with Gasteiger partial charge >= 0.3 is 0 Å². The second-order valence-corrected chi connectivity index (χ2v) is 7.61. The van der Waals surface area contributed by atoms with Crippen molar-refractivity contribution in [3.05, 3.63) is 0 Å². The SMILES string of the molecule is CCCCCCCCCCCCCCN1CCCC(CC)C1. The molecule has 1 fully saturated rings. The van der Waals surface area contributed by atoms with Gasteiger partial charge in [0.15, 0.2) is 0 Å². The average molecular weight is 310 g/mol. The van der Waals surface area contributed by atoms with E-state index in [1.807, 2.05) is 0 Å². The van der Waals surface area contributed by atoms with Crippen LogP contribution in [0.2, 0.25) is 0 Å². The third-order valence-corrected chi connectivity index (χ3v) is 5.51. The molecule has 132 valence electrons. The van der Waals surface area contributed by atoms with Gasteiger partial charge in [-0.2, -0.15) is 0 Å². The monoisotopic (exact) mass is 309 g/mol. The second kappa shape index (κ2) is 14.5. The molecule has 1 heterocycles. The van der Waals surface area contributed by atoms with Gasteiger partial charge in [-0.05, 0) is 38.3 Å². The van der Waals surface area contributed by atoms with Crippen LogP contribution in [0.25, 0.3) is 0 Å². The zero-order valence-electron chi connectivity index (χ0n) is 15.8. The summed E-state index contributed by atoms with van der Waals surface area (Å²) in [6.45, 7) is 8.78. The van der Waals surface area contributed by atoms with Crippen LogP contribution in [0.3, 0.4) is 0 Å². The molecule has 0 aromatic heterocycles. The van der Waals surface area contributed by atoms with E-state index in [0.29, 0.717) is 0 Å². The molecule has 0 spiro atoms. The largest absolute Gasteiger partial charge is 0.303 e. The standard InChI is InChI=1S/C21H43N/c1-3-5-6-7-8-9-10-11-12-13-14-15-18-22-19-16-17-21(4-2)20-22/h21H,3-20H2,1-2H3. The van der Waals surface area contributed by atoms with Crippen LogP contribution >= 0.6 is 0 Å². The zero-order valence-corrected chi connectivity index (χ0v) is 15.8. The first-order chi connectivity index (χ1) is 10.9. The summed E-state index contributed by atoms with van der Waals surface area (Å²) in [7, 11) is 0. The second-order valence-electron chi connectivity index (χ2n) is 7.61. The molecule has 1 rings (SSSR count). The number of likely N-dealkylation sites (tertiary alicyclic amines) is 1. The topological polar surface area (TPSA) is 3.24 Å². The van der Waals surface area contributed by atoms with Crippen molar-refractivity contribution >= 4 is 0 Å². The fourth-order valence-corrected chi connectivity index (χ4v) is 3.86. The number of hydrogen-bond donors (Lipinski definition) is 0. The van der Waals surface area contributed by atoms with E-state index in [1.54, 1.807) is 0 Å². The van der Waals surface area contributed by atoms with Crippen molar-refractivity contribution in [1.82, 2.24) is 4.90 Å². The molecule has 1 atom stereocenters. The molecule has 0 saturated carbocycles. The van der Waals surface area contributed by atoms with Crippen LogP contribution in [0.15, 0.2) is 0 Å². The Bertz CT molecular complexity index is 226. The van der Waals surface area contributed by atoms with E-state index in [-0.39, 0.29) is 0 Å². The van der Waals surface area contributed by atoms with Gasteiger partial charge in [-0.15, -0.1) is 0 Å². The number of unbranched alkanes of at least 4 members (excludes halogenated alkanes) is 11. The van der Waals surface area contributed by atoms with E-state index >= 15 is 0 Å². The molecule has 0 amide bonds. The van der Waals surface area contributed by atoms with E-state index in [0.717, 1.165) is 5.92 Å². The normalized spacial score (nSPS) is 19.6. The zero-order chi connectivity index (χ0) is 15.9. The summed E-state index contributed by atoms with van der Waals surface area (Å²) in [5.74, 6) is 0.992. The minimum atomic E-state index is 0.992. The molecule has 1 nitrogen and oxygen atoms in total. The van der Waals surface area contributed by atoms with E-state index in [9.17, 15) is 0 Å². The van der Waals surface area contributed by atoms with Crippen LogP contribution in [0, 0.1) is 5.92 Å². The van der Waals surface area contributed by atoms with Gasteiger partial charge in [0.25, 0.3) is 0 Å². The van der Waals surface area contributed by atoms with Crippen LogP contribution in [-0.2, 0) is 0 Å². The minimum Gasteiger partial charge on any atom is -0.303 e. The maximum absolute atomic E-state index is 2.73. The fourth-order valence-electron chi connectivity index (χ4n) is 3.86. The lowest BCUT2D eigenvalue weighted by atomic mass is 9.95. The minimum absolute atomic E-state index is 0.992. The third-order valence-electron chi connectivity index (χ3n) is 5.51. The van der Waals surface area contributed by atoms with Crippen molar-refractivity contribution in [3.63, 3.8) is 0 Å². The van der Waals surface area contributed by atoms with E-state index in [1.165, 1.54) is 116 Å². The highest BCUT2D eigenvalue weighted by Gasteiger charge is 2.17. The van der Waals surface area contributed by atoms with Crippen LogP contribution < -0.4 is 0 Å². The Hall–Kier alpha value is -0.0400. The lowest BCUT2D eigenvalue weighted by Gasteiger charge is -2.32. The highest BCUT2D eigenvalue weighted by Crippen LogP contribution is 2.19. The molecule has 1 aliphatic heterocycles. The van der Waals surface area contributed by atoms with Gasteiger partial charge in [0.2, 0.25) is 0 Å². The van der Waals surface area contributed by atoms with Crippen molar-refractivity contribution < 1.29 is 0 Å². The third kappa shape index (κ3) is 10.6. The molecule has 1 heteroatoms. The Morgan fingerprint density at radius 3 is 1.82 bits per heavy atom. The van der Waals surface area contributed by atoms with Gasteiger partial charge in [0.05, 0.1) is 0 Å². The Kier molecular flexibility index (Phi) is 13.2. The van der Waals surface area contributed by atoms with Crippen LogP contribution in [0.1, 0.15) is 110 Å². The maximum Gasteiger partial charge on any atom is 0.000956 e. The summed E-state index contributed by atoms with van der Waals surface area (Å²) in [6, 6.07) is 0. The number of piperidine rings is 1. The molecule has 1 aliphatic rings. The Morgan fingerprint density at radius 1 is 0.727 bits per heavy atom. The highest BCUT2D eigenvalue weighted by molar-refractivity contribution is 4.71. The Labute approximate surface area is 141 Å². The Balaban J connectivity index is 1.78. The summed E-state index contributed by atoms with van der Waals surface area (Å²) >= 11 is 0. The first-order valence-electron chi connectivity index (χ1n) is 10.6. The van der Waals surface area contributed by atoms with E-state index in [4.69, 9.17) is 0 Å². The predicted octanol–water partition coefficient (Wildman–Crippen LogP) is 6.81. The summed E-state index contributed by atoms with van der Waals surface area (Å²) in [5, 5.41) is 0.